The van der Waals surface area contributed by atoms with Gasteiger partial charge in [0.2, 0.25) is 0 Å². The van der Waals surface area contributed by atoms with Crippen LogP contribution in [0.25, 0.3) is 11.5 Å². The van der Waals surface area contributed by atoms with Crippen LogP contribution in [0, 0.1) is 0 Å². The van der Waals surface area contributed by atoms with Crippen LogP contribution in [-0.4, -0.2) is 24.4 Å². The van der Waals surface area contributed by atoms with Crippen molar-refractivity contribution in [2.45, 2.75) is 6.61 Å². The lowest BCUT2D eigenvalue weighted by atomic mass is 10.1. The van der Waals surface area contributed by atoms with E-state index in [0.717, 1.165) is 0 Å². The summed E-state index contributed by atoms with van der Waals surface area (Å²) in [6.45, 7) is 0.305. The SMILES string of the molecule is COCc1noc(-c2ccc(OC)cc2N)n1. The molecule has 0 amide bonds. The van der Waals surface area contributed by atoms with Crippen LogP contribution in [0.1, 0.15) is 5.82 Å². The first-order valence-corrected chi connectivity index (χ1v) is 5.00. The minimum atomic E-state index is 0.305. The van der Waals surface area contributed by atoms with Crippen LogP contribution in [0.15, 0.2) is 22.7 Å². The fourth-order valence-electron chi connectivity index (χ4n) is 1.41. The number of benzene rings is 1. The molecule has 2 N–H and O–H groups in total. The molecule has 0 unspecified atom stereocenters. The monoisotopic (exact) mass is 235 g/mol. The van der Waals surface area contributed by atoms with Gasteiger partial charge in [0.25, 0.3) is 5.89 Å². The Morgan fingerprint density at radius 3 is 2.82 bits per heavy atom. The zero-order chi connectivity index (χ0) is 12.3. The fourth-order valence-corrected chi connectivity index (χ4v) is 1.41. The molecule has 90 valence electrons. The largest absolute Gasteiger partial charge is 0.497 e. The molecule has 6 nitrogen and oxygen atoms in total. The van der Waals surface area contributed by atoms with Crippen LogP contribution < -0.4 is 10.5 Å². The van der Waals surface area contributed by atoms with Crippen molar-refractivity contribution in [1.29, 1.82) is 0 Å². The first-order valence-electron chi connectivity index (χ1n) is 5.00. The van der Waals surface area contributed by atoms with Gasteiger partial charge in [0, 0.05) is 18.9 Å². The molecule has 0 radical (unpaired) electrons. The van der Waals surface area contributed by atoms with Crippen molar-refractivity contribution in [3.8, 4) is 17.2 Å². The summed E-state index contributed by atoms with van der Waals surface area (Å²) in [4.78, 5) is 4.16. The second-order valence-electron chi connectivity index (χ2n) is 3.40. The normalized spacial score (nSPS) is 10.5. The zero-order valence-corrected chi connectivity index (χ0v) is 9.64. The molecule has 0 spiro atoms. The van der Waals surface area contributed by atoms with Crippen LogP contribution in [0.5, 0.6) is 5.75 Å². The molecule has 2 rings (SSSR count). The van der Waals surface area contributed by atoms with E-state index in [1.54, 1.807) is 32.4 Å². The molecule has 1 heterocycles. The Labute approximate surface area is 98.3 Å². The summed E-state index contributed by atoms with van der Waals surface area (Å²) in [6.07, 6.45) is 0. The third kappa shape index (κ3) is 2.36. The molecule has 0 saturated carbocycles. The maximum Gasteiger partial charge on any atom is 0.260 e. The van der Waals surface area contributed by atoms with E-state index >= 15 is 0 Å². The molecule has 0 aliphatic rings. The van der Waals surface area contributed by atoms with E-state index in [2.05, 4.69) is 10.1 Å². The number of aromatic nitrogens is 2. The molecular formula is C11H13N3O3. The summed E-state index contributed by atoms with van der Waals surface area (Å²) in [5, 5.41) is 3.77. The fraction of sp³-hybridized carbons (Fsp3) is 0.273. The van der Waals surface area contributed by atoms with Crippen molar-refractivity contribution >= 4 is 5.69 Å². The van der Waals surface area contributed by atoms with Gasteiger partial charge in [-0.2, -0.15) is 4.98 Å². The molecule has 1 aromatic heterocycles. The lowest BCUT2D eigenvalue weighted by molar-refractivity contribution is 0.174. The van der Waals surface area contributed by atoms with Crippen molar-refractivity contribution in [1.82, 2.24) is 10.1 Å². The van der Waals surface area contributed by atoms with Crippen LogP contribution in [0.4, 0.5) is 5.69 Å². The zero-order valence-electron chi connectivity index (χ0n) is 9.64. The summed E-state index contributed by atoms with van der Waals surface area (Å²) in [7, 11) is 3.15. The third-order valence-electron chi connectivity index (χ3n) is 2.23. The Morgan fingerprint density at radius 2 is 2.18 bits per heavy atom. The van der Waals surface area contributed by atoms with Crippen LogP contribution in [0.2, 0.25) is 0 Å². The Balaban J connectivity index is 2.32. The summed E-state index contributed by atoms with van der Waals surface area (Å²) in [6, 6.07) is 5.26. The average Bonchev–Trinajstić information content (AvgIpc) is 2.78. The van der Waals surface area contributed by atoms with Gasteiger partial charge in [-0.25, -0.2) is 0 Å². The number of nitrogen functional groups attached to an aromatic ring is 1. The highest BCUT2D eigenvalue weighted by atomic mass is 16.5. The van der Waals surface area contributed by atoms with Gasteiger partial charge in [-0.1, -0.05) is 5.16 Å². The molecule has 0 atom stereocenters. The summed E-state index contributed by atoms with van der Waals surface area (Å²) >= 11 is 0. The minimum Gasteiger partial charge on any atom is -0.497 e. The standard InChI is InChI=1S/C11H13N3O3/c1-15-6-10-13-11(17-14-10)8-4-3-7(16-2)5-9(8)12/h3-5H,6,12H2,1-2H3. The highest BCUT2D eigenvalue weighted by molar-refractivity contribution is 5.71. The highest BCUT2D eigenvalue weighted by Gasteiger charge is 2.12. The number of hydrogen-bond acceptors (Lipinski definition) is 6. The van der Waals surface area contributed by atoms with E-state index in [1.165, 1.54) is 0 Å². The third-order valence-corrected chi connectivity index (χ3v) is 2.23. The molecule has 0 fully saturated rings. The van der Waals surface area contributed by atoms with Crippen molar-refractivity contribution < 1.29 is 14.0 Å². The van der Waals surface area contributed by atoms with Crippen molar-refractivity contribution in [2.24, 2.45) is 0 Å². The highest BCUT2D eigenvalue weighted by Crippen LogP contribution is 2.27. The summed E-state index contributed by atoms with van der Waals surface area (Å²) in [5.41, 5.74) is 7.08. The van der Waals surface area contributed by atoms with Gasteiger partial charge < -0.3 is 19.7 Å². The van der Waals surface area contributed by atoms with Crippen molar-refractivity contribution in [3.63, 3.8) is 0 Å². The molecular weight excluding hydrogens is 222 g/mol. The summed E-state index contributed by atoms with van der Waals surface area (Å²) < 4.78 is 15.1. The number of ether oxygens (including phenoxy) is 2. The van der Waals surface area contributed by atoms with Gasteiger partial charge in [-0.05, 0) is 12.1 Å². The Morgan fingerprint density at radius 1 is 1.35 bits per heavy atom. The molecule has 0 aliphatic carbocycles. The van der Waals surface area contributed by atoms with E-state index in [-0.39, 0.29) is 0 Å². The maximum atomic E-state index is 5.87. The second kappa shape index (κ2) is 4.84. The Hall–Kier alpha value is -2.08. The Bertz CT molecular complexity index is 510. The molecule has 6 heteroatoms. The molecule has 1 aromatic carbocycles. The van der Waals surface area contributed by atoms with Crippen LogP contribution in [0.3, 0.4) is 0 Å². The lowest BCUT2D eigenvalue weighted by Gasteiger charge is -2.03. The number of nitrogens with two attached hydrogens (primary N) is 1. The maximum absolute atomic E-state index is 5.87. The number of rotatable bonds is 4. The molecule has 0 bridgehead atoms. The van der Waals surface area contributed by atoms with Gasteiger partial charge in [0.15, 0.2) is 5.82 Å². The van der Waals surface area contributed by atoms with E-state index in [0.29, 0.717) is 35.3 Å². The predicted molar refractivity (Wildman–Crippen MR) is 61.4 cm³/mol. The molecule has 0 saturated heterocycles. The van der Waals surface area contributed by atoms with Crippen LogP contribution >= 0.6 is 0 Å². The van der Waals surface area contributed by atoms with Gasteiger partial charge >= 0.3 is 0 Å². The first-order chi connectivity index (χ1) is 8.24. The Kier molecular flexibility index (Phi) is 3.24. The molecule has 17 heavy (non-hydrogen) atoms. The van der Waals surface area contributed by atoms with Crippen LogP contribution in [-0.2, 0) is 11.3 Å². The van der Waals surface area contributed by atoms with E-state index in [9.17, 15) is 0 Å². The molecule has 2 aromatic rings. The first kappa shape index (κ1) is 11.4. The predicted octanol–water partition coefficient (Wildman–Crippen LogP) is 1.47. The minimum absolute atomic E-state index is 0.305. The topological polar surface area (TPSA) is 83.4 Å². The van der Waals surface area contributed by atoms with Gasteiger partial charge in [0.1, 0.15) is 12.4 Å². The van der Waals surface area contributed by atoms with Crippen molar-refractivity contribution in [2.75, 3.05) is 20.0 Å². The molecule has 0 aliphatic heterocycles. The number of anilines is 1. The van der Waals surface area contributed by atoms with Crippen molar-refractivity contribution in [3.05, 3.63) is 24.0 Å². The van der Waals surface area contributed by atoms with Gasteiger partial charge in [-0.3, -0.25) is 0 Å². The smallest absolute Gasteiger partial charge is 0.260 e. The lowest BCUT2D eigenvalue weighted by Crippen LogP contribution is -1.93. The number of methoxy groups -OCH3 is 2. The second-order valence-corrected chi connectivity index (χ2v) is 3.40. The van der Waals surface area contributed by atoms with E-state index in [4.69, 9.17) is 19.7 Å². The van der Waals surface area contributed by atoms with E-state index < -0.39 is 0 Å². The van der Waals surface area contributed by atoms with E-state index in [1.807, 2.05) is 0 Å². The average molecular weight is 235 g/mol. The van der Waals surface area contributed by atoms with Gasteiger partial charge in [0.05, 0.1) is 12.7 Å². The quantitative estimate of drug-likeness (QED) is 0.808. The number of hydrogen-bond donors (Lipinski definition) is 1. The number of nitrogens with zero attached hydrogens (tertiary/aromatic N) is 2. The van der Waals surface area contributed by atoms with Gasteiger partial charge in [-0.15, -0.1) is 0 Å². The summed E-state index contributed by atoms with van der Waals surface area (Å²) in [5.74, 6) is 1.54.